The van der Waals surface area contributed by atoms with E-state index < -0.39 is 5.60 Å². The molecule has 2 saturated heterocycles. The third kappa shape index (κ3) is 2.04. The van der Waals surface area contributed by atoms with Gasteiger partial charge in [-0.1, -0.05) is 0 Å². The Morgan fingerprint density at radius 2 is 2.27 bits per heavy atom. The van der Waals surface area contributed by atoms with E-state index in [1.807, 2.05) is 6.92 Å². The normalized spacial score (nSPS) is 32.1. The van der Waals surface area contributed by atoms with Gasteiger partial charge in [-0.2, -0.15) is 0 Å². The quantitative estimate of drug-likeness (QED) is 0.643. The Hall–Kier alpha value is -0.900. The number of hydrogen-bond donors (Lipinski definition) is 0. The highest BCUT2D eigenvalue weighted by atomic mass is 16.5. The minimum Gasteiger partial charge on any atom is -0.365 e. The second kappa shape index (κ2) is 3.93. The standard InChI is InChI=1S/C11H17NO3/c1-11(5-3-7-15-11)10(14)12-6-2-4-9(13)8-12/h2-8H2,1H3. The molecule has 0 saturated carbocycles. The minimum atomic E-state index is -0.669. The number of ether oxygens (including phenoxy) is 1. The number of carbonyl (C=O) groups excluding carboxylic acids is 2. The Morgan fingerprint density at radius 3 is 2.87 bits per heavy atom. The van der Waals surface area contributed by atoms with Crippen LogP contribution in [0.2, 0.25) is 0 Å². The first-order valence-corrected chi connectivity index (χ1v) is 5.57. The van der Waals surface area contributed by atoms with E-state index in [2.05, 4.69) is 0 Å². The van der Waals surface area contributed by atoms with Gasteiger partial charge in [0.1, 0.15) is 5.60 Å². The summed E-state index contributed by atoms with van der Waals surface area (Å²) in [6, 6.07) is 0. The highest BCUT2D eigenvalue weighted by Crippen LogP contribution is 2.28. The van der Waals surface area contributed by atoms with Gasteiger partial charge in [0.05, 0.1) is 6.54 Å². The second-order valence-corrected chi connectivity index (χ2v) is 4.55. The van der Waals surface area contributed by atoms with Crippen LogP contribution < -0.4 is 0 Å². The van der Waals surface area contributed by atoms with E-state index in [0.717, 1.165) is 19.3 Å². The topological polar surface area (TPSA) is 46.6 Å². The zero-order valence-corrected chi connectivity index (χ0v) is 9.12. The van der Waals surface area contributed by atoms with Crippen molar-refractivity contribution >= 4 is 11.7 Å². The molecule has 4 nitrogen and oxygen atoms in total. The highest BCUT2D eigenvalue weighted by molar-refractivity contribution is 5.91. The summed E-state index contributed by atoms with van der Waals surface area (Å²) in [5.41, 5.74) is -0.669. The van der Waals surface area contributed by atoms with Gasteiger partial charge in [0.15, 0.2) is 5.78 Å². The van der Waals surface area contributed by atoms with Gasteiger partial charge in [-0.05, 0) is 26.2 Å². The summed E-state index contributed by atoms with van der Waals surface area (Å²) in [7, 11) is 0. The summed E-state index contributed by atoms with van der Waals surface area (Å²) < 4.78 is 5.49. The molecule has 2 aliphatic heterocycles. The zero-order chi connectivity index (χ0) is 10.9. The molecule has 0 aromatic rings. The molecule has 2 fully saturated rings. The maximum absolute atomic E-state index is 12.1. The van der Waals surface area contributed by atoms with Gasteiger partial charge >= 0.3 is 0 Å². The van der Waals surface area contributed by atoms with Gasteiger partial charge in [-0.3, -0.25) is 9.59 Å². The predicted octanol–water partition coefficient (Wildman–Crippen LogP) is 0.747. The van der Waals surface area contributed by atoms with Crippen LogP contribution in [0.15, 0.2) is 0 Å². The molecule has 0 bridgehead atoms. The Kier molecular flexibility index (Phi) is 2.78. The van der Waals surface area contributed by atoms with Crippen molar-refractivity contribution in [3.05, 3.63) is 0 Å². The summed E-state index contributed by atoms with van der Waals surface area (Å²) in [6.07, 6.45) is 3.11. The van der Waals surface area contributed by atoms with Crippen molar-refractivity contribution in [3.63, 3.8) is 0 Å². The van der Waals surface area contributed by atoms with Crippen molar-refractivity contribution in [1.82, 2.24) is 4.90 Å². The summed E-state index contributed by atoms with van der Waals surface area (Å²) in [6.45, 7) is 3.47. The maximum Gasteiger partial charge on any atom is 0.254 e. The lowest BCUT2D eigenvalue weighted by molar-refractivity contribution is -0.154. The highest BCUT2D eigenvalue weighted by Gasteiger charge is 2.41. The Labute approximate surface area is 89.6 Å². The first-order valence-electron chi connectivity index (χ1n) is 5.57. The number of Topliss-reactive ketones (excluding diaryl/α,β-unsaturated/α-hetero) is 1. The maximum atomic E-state index is 12.1. The number of likely N-dealkylation sites (tertiary alicyclic amines) is 1. The number of nitrogens with zero attached hydrogens (tertiary/aromatic N) is 1. The van der Waals surface area contributed by atoms with Crippen LogP contribution in [0.5, 0.6) is 0 Å². The van der Waals surface area contributed by atoms with Crippen molar-refractivity contribution in [2.24, 2.45) is 0 Å². The van der Waals surface area contributed by atoms with Crippen LogP contribution >= 0.6 is 0 Å². The van der Waals surface area contributed by atoms with Gasteiger partial charge in [0.2, 0.25) is 0 Å². The molecule has 0 radical (unpaired) electrons. The van der Waals surface area contributed by atoms with E-state index in [9.17, 15) is 9.59 Å². The third-order valence-electron chi connectivity index (χ3n) is 3.21. The molecular weight excluding hydrogens is 194 g/mol. The van der Waals surface area contributed by atoms with Crippen molar-refractivity contribution in [3.8, 4) is 0 Å². The summed E-state index contributed by atoms with van der Waals surface area (Å²) in [4.78, 5) is 25.0. The molecule has 2 aliphatic rings. The average Bonchev–Trinajstić information content (AvgIpc) is 2.65. The Bertz CT molecular complexity index is 282. The Morgan fingerprint density at radius 1 is 1.47 bits per heavy atom. The van der Waals surface area contributed by atoms with Gasteiger partial charge in [-0.15, -0.1) is 0 Å². The van der Waals surface area contributed by atoms with E-state index in [-0.39, 0.29) is 18.2 Å². The third-order valence-corrected chi connectivity index (χ3v) is 3.21. The molecule has 4 heteroatoms. The fourth-order valence-corrected chi connectivity index (χ4v) is 2.29. The molecular formula is C11H17NO3. The molecule has 0 aromatic carbocycles. The molecule has 2 heterocycles. The van der Waals surface area contributed by atoms with Crippen LogP contribution in [-0.4, -0.2) is 41.9 Å². The first kappa shape index (κ1) is 10.6. The lowest BCUT2D eigenvalue weighted by Crippen LogP contribution is -2.50. The van der Waals surface area contributed by atoms with Crippen LogP contribution in [0.4, 0.5) is 0 Å². The molecule has 0 aliphatic carbocycles. The zero-order valence-electron chi connectivity index (χ0n) is 9.12. The molecule has 0 aromatic heterocycles. The Balaban J connectivity index is 2.03. The second-order valence-electron chi connectivity index (χ2n) is 4.55. The molecule has 1 unspecified atom stereocenters. The monoisotopic (exact) mass is 211 g/mol. The van der Waals surface area contributed by atoms with Gasteiger partial charge < -0.3 is 9.64 Å². The van der Waals surface area contributed by atoms with E-state index in [0.29, 0.717) is 19.6 Å². The van der Waals surface area contributed by atoms with E-state index >= 15 is 0 Å². The number of hydrogen-bond acceptors (Lipinski definition) is 3. The van der Waals surface area contributed by atoms with Crippen LogP contribution in [0, 0.1) is 0 Å². The van der Waals surface area contributed by atoms with Crippen molar-refractivity contribution < 1.29 is 14.3 Å². The average molecular weight is 211 g/mol. The number of amides is 1. The van der Waals surface area contributed by atoms with Crippen LogP contribution in [0.25, 0.3) is 0 Å². The number of rotatable bonds is 1. The largest absolute Gasteiger partial charge is 0.365 e. The fraction of sp³-hybridized carbons (Fsp3) is 0.818. The van der Waals surface area contributed by atoms with Crippen molar-refractivity contribution in [2.45, 2.75) is 38.2 Å². The van der Waals surface area contributed by atoms with Crippen LogP contribution in [0.3, 0.4) is 0 Å². The van der Waals surface area contributed by atoms with E-state index in [1.165, 1.54) is 0 Å². The van der Waals surface area contributed by atoms with E-state index in [4.69, 9.17) is 4.74 Å². The molecule has 2 rings (SSSR count). The predicted molar refractivity (Wildman–Crippen MR) is 54.4 cm³/mol. The summed E-state index contributed by atoms with van der Waals surface area (Å²) in [5.74, 6) is 0.157. The van der Waals surface area contributed by atoms with E-state index in [1.54, 1.807) is 4.90 Å². The van der Waals surface area contributed by atoms with Crippen molar-refractivity contribution in [1.29, 1.82) is 0 Å². The molecule has 0 N–H and O–H groups in total. The van der Waals surface area contributed by atoms with Gasteiger partial charge in [-0.25, -0.2) is 0 Å². The van der Waals surface area contributed by atoms with Crippen LogP contribution in [-0.2, 0) is 14.3 Å². The summed E-state index contributed by atoms with van der Waals surface area (Å²) >= 11 is 0. The number of ketones is 1. The molecule has 1 atom stereocenters. The van der Waals surface area contributed by atoms with Gasteiger partial charge in [0, 0.05) is 19.6 Å². The van der Waals surface area contributed by atoms with Crippen LogP contribution in [0.1, 0.15) is 32.6 Å². The number of carbonyl (C=O) groups is 2. The fourth-order valence-electron chi connectivity index (χ4n) is 2.29. The lowest BCUT2D eigenvalue weighted by atomic mass is 9.99. The molecule has 15 heavy (non-hydrogen) atoms. The molecule has 1 amide bonds. The first-order chi connectivity index (χ1) is 7.12. The summed E-state index contributed by atoms with van der Waals surface area (Å²) in [5, 5.41) is 0. The molecule has 0 spiro atoms. The van der Waals surface area contributed by atoms with Crippen molar-refractivity contribution in [2.75, 3.05) is 19.7 Å². The van der Waals surface area contributed by atoms with Gasteiger partial charge in [0.25, 0.3) is 5.91 Å². The lowest BCUT2D eigenvalue weighted by Gasteiger charge is -2.32. The number of piperidine rings is 1. The molecule has 84 valence electrons. The smallest absolute Gasteiger partial charge is 0.254 e. The SMILES string of the molecule is CC1(C(=O)N2CCCC(=O)C2)CCCO1. The minimum absolute atomic E-state index is 0.00644.